The fraction of sp³-hybridized carbons (Fsp3) is 0.435. The first-order valence-corrected chi connectivity index (χ1v) is 10.7. The van der Waals surface area contributed by atoms with Crippen molar-refractivity contribution >= 4 is 22.4 Å². The van der Waals surface area contributed by atoms with E-state index >= 15 is 0 Å². The number of rotatable bonds is 6. The lowest BCUT2D eigenvalue weighted by Crippen LogP contribution is -2.41. The number of aliphatic hydroxyl groups is 1. The number of nitrogens with one attached hydrogen (secondary N) is 1. The number of alkyl halides is 2. The number of halogens is 3. The van der Waals surface area contributed by atoms with Crippen LogP contribution in [0.3, 0.4) is 0 Å². The number of morpholine rings is 1. The van der Waals surface area contributed by atoms with Gasteiger partial charge in [-0.15, -0.1) is 5.10 Å². The molecule has 1 aromatic carbocycles. The second-order valence-electron chi connectivity index (χ2n) is 8.59. The summed E-state index contributed by atoms with van der Waals surface area (Å²) in [5.41, 5.74) is -2.56. The Kier molecular flexibility index (Phi) is 6.15. The van der Waals surface area contributed by atoms with Crippen molar-refractivity contribution in [2.75, 3.05) is 36.5 Å². The number of benzene rings is 1. The van der Waals surface area contributed by atoms with Crippen molar-refractivity contribution in [3.05, 3.63) is 53.1 Å². The number of hydrogen-bond donors (Lipinski definition) is 2. The molecule has 1 fully saturated rings. The zero-order chi connectivity index (χ0) is 23.8. The standard InChI is InChI=1S/C23H26F3N5O2/c1-14-17-13-27-19(31-7-9-33-10-8-31)11-16(17)21(30-29-14)28-12-15-5-4-6-18(20(15)24)23(25,26)22(2,3)32/h4-6,11,13,32H,7-10,12H2,1-3H3,(H,28,30). The maximum absolute atomic E-state index is 15.0. The van der Waals surface area contributed by atoms with Gasteiger partial charge in [-0.25, -0.2) is 9.37 Å². The summed E-state index contributed by atoms with van der Waals surface area (Å²) in [6, 6.07) is 5.63. The highest BCUT2D eigenvalue weighted by molar-refractivity contribution is 5.94. The molecule has 10 heteroatoms. The highest BCUT2D eigenvalue weighted by Crippen LogP contribution is 2.40. The second kappa shape index (κ2) is 8.75. The molecule has 3 aromatic rings. The number of hydrogen-bond acceptors (Lipinski definition) is 7. The first kappa shape index (κ1) is 23.2. The highest BCUT2D eigenvalue weighted by Gasteiger charge is 2.48. The number of anilines is 2. The van der Waals surface area contributed by atoms with Gasteiger partial charge in [0, 0.05) is 42.2 Å². The molecule has 2 aromatic heterocycles. The van der Waals surface area contributed by atoms with Crippen molar-refractivity contribution in [2.45, 2.75) is 38.8 Å². The predicted molar refractivity (Wildman–Crippen MR) is 119 cm³/mol. The van der Waals surface area contributed by atoms with Crippen LogP contribution in [0.15, 0.2) is 30.5 Å². The molecule has 1 saturated heterocycles. The average molecular weight is 461 g/mol. The number of fused-ring (bicyclic) bond motifs is 1. The van der Waals surface area contributed by atoms with Crippen LogP contribution in [0.1, 0.15) is 30.7 Å². The number of aromatic nitrogens is 3. The van der Waals surface area contributed by atoms with Crippen molar-refractivity contribution < 1.29 is 23.0 Å². The van der Waals surface area contributed by atoms with Crippen molar-refractivity contribution in [1.82, 2.24) is 15.2 Å². The smallest absolute Gasteiger partial charge is 0.303 e. The van der Waals surface area contributed by atoms with E-state index in [0.717, 1.165) is 36.5 Å². The lowest BCUT2D eigenvalue weighted by Gasteiger charge is -2.30. The summed E-state index contributed by atoms with van der Waals surface area (Å²) in [6.45, 7) is 6.28. The highest BCUT2D eigenvalue weighted by atomic mass is 19.3. The molecule has 4 rings (SSSR count). The maximum Gasteiger partial charge on any atom is 0.303 e. The van der Waals surface area contributed by atoms with E-state index in [0.29, 0.717) is 37.8 Å². The molecule has 0 aliphatic carbocycles. The first-order valence-electron chi connectivity index (χ1n) is 10.7. The van der Waals surface area contributed by atoms with E-state index in [4.69, 9.17) is 4.74 Å². The molecule has 1 aliphatic heterocycles. The van der Waals surface area contributed by atoms with Gasteiger partial charge in [-0.05, 0) is 32.9 Å². The fourth-order valence-corrected chi connectivity index (χ4v) is 3.72. The van der Waals surface area contributed by atoms with Crippen LogP contribution in [0.5, 0.6) is 0 Å². The van der Waals surface area contributed by atoms with Crippen LogP contribution >= 0.6 is 0 Å². The number of nitrogens with zero attached hydrogens (tertiary/aromatic N) is 4. The molecular weight excluding hydrogens is 435 g/mol. The fourth-order valence-electron chi connectivity index (χ4n) is 3.72. The van der Waals surface area contributed by atoms with Crippen molar-refractivity contribution in [1.29, 1.82) is 0 Å². The van der Waals surface area contributed by atoms with E-state index in [9.17, 15) is 18.3 Å². The molecule has 0 amide bonds. The van der Waals surface area contributed by atoms with E-state index in [1.54, 1.807) is 6.20 Å². The van der Waals surface area contributed by atoms with Gasteiger partial charge in [0.25, 0.3) is 0 Å². The van der Waals surface area contributed by atoms with Crippen LogP contribution in [0.25, 0.3) is 10.8 Å². The van der Waals surface area contributed by atoms with E-state index in [-0.39, 0.29) is 12.1 Å². The lowest BCUT2D eigenvalue weighted by molar-refractivity contribution is -0.170. The van der Waals surface area contributed by atoms with Gasteiger partial charge in [-0.3, -0.25) is 0 Å². The van der Waals surface area contributed by atoms with Crippen LogP contribution in [-0.4, -0.2) is 52.2 Å². The summed E-state index contributed by atoms with van der Waals surface area (Å²) in [5, 5.41) is 22.7. The number of aryl methyl sites for hydroxylation is 1. The Hall–Kier alpha value is -2.98. The SMILES string of the molecule is Cc1nnc(NCc2cccc(C(F)(F)C(C)(C)O)c2F)c2cc(N3CCOCC3)ncc12. The van der Waals surface area contributed by atoms with Gasteiger partial charge >= 0.3 is 5.92 Å². The summed E-state index contributed by atoms with van der Waals surface area (Å²) >= 11 is 0. The normalized spacial score (nSPS) is 15.2. The third-order valence-electron chi connectivity index (χ3n) is 5.80. The van der Waals surface area contributed by atoms with Crippen LogP contribution in [0.4, 0.5) is 24.8 Å². The third kappa shape index (κ3) is 4.45. The Balaban J connectivity index is 1.65. The van der Waals surface area contributed by atoms with Crippen LogP contribution in [-0.2, 0) is 17.2 Å². The predicted octanol–water partition coefficient (Wildman–Crippen LogP) is 3.78. The van der Waals surface area contributed by atoms with Crippen LogP contribution in [0.2, 0.25) is 0 Å². The monoisotopic (exact) mass is 461 g/mol. The lowest BCUT2D eigenvalue weighted by atomic mass is 9.92. The molecule has 2 N–H and O–H groups in total. The quantitative estimate of drug-likeness (QED) is 0.578. The molecule has 33 heavy (non-hydrogen) atoms. The van der Waals surface area contributed by atoms with Gasteiger partial charge in [0.05, 0.1) is 24.5 Å². The minimum atomic E-state index is -3.76. The average Bonchev–Trinajstić information content (AvgIpc) is 2.79. The summed E-state index contributed by atoms with van der Waals surface area (Å²) in [5.74, 6) is -3.68. The van der Waals surface area contributed by atoms with Gasteiger partial charge in [0.15, 0.2) is 5.82 Å². The first-order chi connectivity index (χ1) is 15.6. The van der Waals surface area contributed by atoms with Gasteiger partial charge < -0.3 is 20.1 Å². The van der Waals surface area contributed by atoms with Gasteiger partial charge in [0.2, 0.25) is 0 Å². The Morgan fingerprint density at radius 3 is 2.58 bits per heavy atom. The third-order valence-corrected chi connectivity index (χ3v) is 5.80. The zero-order valence-corrected chi connectivity index (χ0v) is 18.7. The van der Waals surface area contributed by atoms with Gasteiger partial charge in [-0.1, -0.05) is 12.1 Å². The summed E-state index contributed by atoms with van der Waals surface area (Å²) in [4.78, 5) is 6.64. The molecule has 3 heterocycles. The maximum atomic E-state index is 15.0. The Morgan fingerprint density at radius 2 is 1.88 bits per heavy atom. The molecule has 0 saturated carbocycles. The number of pyridine rings is 1. The van der Waals surface area contributed by atoms with E-state index in [1.807, 2.05) is 13.0 Å². The Bertz CT molecular complexity index is 1160. The van der Waals surface area contributed by atoms with Crippen LogP contribution < -0.4 is 10.2 Å². The topological polar surface area (TPSA) is 83.4 Å². The summed E-state index contributed by atoms with van der Waals surface area (Å²) in [7, 11) is 0. The minimum absolute atomic E-state index is 0.0226. The molecule has 0 radical (unpaired) electrons. The molecule has 7 nitrogen and oxygen atoms in total. The Morgan fingerprint density at radius 1 is 1.15 bits per heavy atom. The molecule has 0 spiro atoms. The molecule has 176 valence electrons. The molecule has 0 unspecified atom stereocenters. The Labute approximate surface area is 189 Å². The van der Waals surface area contributed by atoms with E-state index < -0.39 is 22.9 Å². The van der Waals surface area contributed by atoms with E-state index in [2.05, 4.69) is 25.4 Å². The van der Waals surface area contributed by atoms with E-state index in [1.165, 1.54) is 12.1 Å². The summed E-state index contributed by atoms with van der Waals surface area (Å²) < 4.78 is 49.6. The molecule has 1 aliphatic rings. The van der Waals surface area contributed by atoms with Crippen molar-refractivity contribution in [3.8, 4) is 0 Å². The zero-order valence-electron chi connectivity index (χ0n) is 18.7. The molecule has 0 bridgehead atoms. The minimum Gasteiger partial charge on any atom is -0.384 e. The van der Waals surface area contributed by atoms with Crippen LogP contribution in [0, 0.1) is 12.7 Å². The molecule has 0 atom stereocenters. The van der Waals surface area contributed by atoms with Gasteiger partial charge in [0.1, 0.15) is 17.2 Å². The summed E-state index contributed by atoms with van der Waals surface area (Å²) in [6.07, 6.45) is 1.72. The van der Waals surface area contributed by atoms with Crippen molar-refractivity contribution in [3.63, 3.8) is 0 Å². The van der Waals surface area contributed by atoms with Crippen molar-refractivity contribution in [2.24, 2.45) is 0 Å². The number of ether oxygens (including phenoxy) is 1. The largest absolute Gasteiger partial charge is 0.384 e. The molecular formula is C23H26F3N5O2. The van der Waals surface area contributed by atoms with Gasteiger partial charge in [-0.2, -0.15) is 13.9 Å². The second-order valence-corrected chi connectivity index (χ2v) is 8.59.